The van der Waals surface area contributed by atoms with Crippen molar-refractivity contribution in [3.05, 3.63) is 34.9 Å². The van der Waals surface area contributed by atoms with Crippen LogP contribution in [-0.2, 0) is 19.3 Å². The van der Waals surface area contributed by atoms with Crippen molar-refractivity contribution < 1.29 is 26.3 Å². The molecule has 1 rings (SSSR count). The van der Waals surface area contributed by atoms with Gasteiger partial charge in [0.1, 0.15) is 0 Å². The molecule has 0 heterocycles. The van der Waals surface area contributed by atoms with Gasteiger partial charge in [-0.25, -0.2) is 0 Å². The van der Waals surface area contributed by atoms with E-state index in [-0.39, 0.29) is 41.4 Å². The minimum Gasteiger partial charge on any atom is -0.387 e. The van der Waals surface area contributed by atoms with E-state index in [9.17, 15) is 26.3 Å². The van der Waals surface area contributed by atoms with Crippen LogP contribution >= 0.6 is 12.4 Å². The molecule has 0 bridgehead atoms. The number of rotatable bonds is 4. The highest BCUT2D eigenvalue weighted by Crippen LogP contribution is 2.26. The molecule has 1 aromatic rings. The first-order chi connectivity index (χ1) is 8.94. The molecule has 0 aliphatic rings. The minimum absolute atomic E-state index is 0. The fourth-order valence-electron chi connectivity index (χ4n) is 1.83. The average molecular weight is 335 g/mol. The first-order valence-electron chi connectivity index (χ1n) is 5.53. The van der Waals surface area contributed by atoms with Crippen LogP contribution in [0.4, 0.5) is 26.3 Å². The van der Waals surface area contributed by atoms with Crippen LogP contribution in [0.3, 0.4) is 0 Å². The lowest BCUT2D eigenvalue weighted by Gasteiger charge is -2.13. The molecular weight excluding hydrogens is 322 g/mol. The van der Waals surface area contributed by atoms with E-state index in [2.05, 4.69) is 0 Å². The summed E-state index contributed by atoms with van der Waals surface area (Å²) in [5.41, 5.74) is 4.75. The van der Waals surface area contributed by atoms with Gasteiger partial charge in [-0.05, 0) is 16.7 Å². The zero-order valence-electron chi connectivity index (χ0n) is 10.6. The maximum Gasteiger partial charge on any atom is 0.393 e. The van der Waals surface area contributed by atoms with Crippen LogP contribution in [0, 0.1) is 5.41 Å². The Morgan fingerprint density at radius 1 is 0.857 bits per heavy atom. The molecule has 0 saturated carbocycles. The summed E-state index contributed by atoms with van der Waals surface area (Å²) in [5.74, 6) is -0.327. The van der Waals surface area contributed by atoms with Crippen LogP contribution in [-0.4, -0.2) is 18.2 Å². The third-order valence-corrected chi connectivity index (χ3v) is 2.32. The number of alkyl halides is 6. The lowest BCUT2D eigenvalue weighted by Crippen LogP contribution is -2.17. The predicted octanol–water partition coefficient (Wildman–Crippen LogP) is 3.80. The second kappa shape index (κ2) is 7.02. The molecular formula is C12H13ClF6N2. The van der Waals surface area contributed by atoms with Gasteiger partial charge in [0, 0.05) is 6.42 Å². The normalized spacial score (nSPS) is 11.9. The van der Waals surface area contributed by atoms with Crippen LogP contribution in [0.25, 0.3) is 0 Å². The Bertz CT molecular complexity index is 461. The summed E-state index contributed by atoms with van der Waals surface area (Å²) in [6, 6.07) is 3.12. The van der Waals surface area contributed by atoms with E-state index in [1.54, 1.807) is 0 Å². The number of hydrogen-bond acceptors (Lipinski definition) is 1. The van der Waals surface area contributed by atoms with Crippen LogP contribution in [0.5, 0.6) is 0 Å². The van der Waals surface area contributed by atoms with E-state index in [1.165, 1.54) is 0 Å². The van der Waals surface area contributed by atoms with Crippen molar-refractivity contribution in [3.8, 4) is 0 Å². The van der Waals surface area contributed by atoms with Gasteiger partial charge in [0.15, 0.2) is 0 Å². The van der Waals surface area contributed by atoms with Crippen LogP contribution in [0.15, 0.2) is 18.2 Å². The van der Waals surface area contributed by atoms with E-state index in [0.717, 1.165) is 18.2 Å². The number of nitrogens with two attached hydrogens (primary N) is 1. The van der Waals surface area contributed by atoms with E-state index < -0.39 is 25.2 Å². The van der Waals surface area contributed by atoms with Crippen molar-refractivity contribution >= 4 is 18.2 Å². The molecule has 0 aliphatic heterocycles. The van der Waals surface area contributed by atoms with E-state index >= 15 is 0 Å². The van der Waals surface area contributed by atoms with Gasteiger partial charge in [0.2, 0.25) is 0 Å². The van der Waals surface area contributed by atoms with Gasteiger partial charge < -0.3 is 5.73 Å². The second-order valence-corrected chi connectivity index (χ2v) is 4.44. The highest BCUT2D eigenvalue weighted by Gasteiger charge is 2.30. The Hall–Kier alpha value is -1.44. The molecule has 21 heavy (non-hydrogen) atoms. The van der Waals surface area contributed by atoms with Gasteiger partial charge in [-0.15, -0.1) is 12.4 Å². The van der Waals surface area contributed by atoms with Gasteiger partial charge in [0.25, 0.3) is 0 Å². The topological polar surface area (TPSA) is 49.9 Å². The molecule has 120 valence electrons. The maximum atomic E-state index is 12.3. The smallest absolute Gasteiger partial charge is 0.387 e. The van der Waals surface area contributed by atoms with E-state index in [4.69, 9.17) is 11.1 Å². The first-order valence-corrected chi connectivity index (χ1v) is 5.53. The van der Waals surface area contributed by atoms with E-state index in [0.29, 0.717) is 0 Å². The Labute approximate surface area is 123 Å². The van der Waals surface area contributed by atoms with Crippen molar-refractivity contribution in [2.75, 3.05) is 0 Å². The molecule has 1 aromatic carbocycles. The van der Waals surface area contributed by atoms with Crippen LogP contribution < -0.4 is 5.73 Å². The number of benzene rings is 1. The Kier molecular flexibility index (Phi) is 6.54. The van der Waals surface area contributed by atoms with Gasteiger partial charge in [-0.3, -0.25) is 5.41 Å². The molecule has 0 atom stereocenters. The fourth-order valence-corrected chi connectivity index (χ4v) is 1.83. The Morgan fingerprint density at radius 2 is 1.19 bits per heavy atom. The Balaban J connectivity index is 0.00000400. The van der Waals surface area contributed by atoms with Gasteiger partial charge in [0.05, 0.1) is 18.7 Å². The number of hydrogen-bond donors (Lipinski definition) is 2. The molecule has 3 N–H and O–H groups in total. The molecule has 0 spiro atoms. The average Bonchev–Trinajstić information content (AvgIpc) is 2.08. The van der Waals surface area contributed by atoms with Crippen molar-refractivity contribution in [1.29, 1.82) is 5.41 Å². The molecule has 0 aromatic heterocycles. The summed E-state index contributed by atoms with van der Waals surface area (Å²) in [4.78, 5) is 0. The van der Waals surface area contributed by atoms with Crippen LogP contribution in [0.1, 0.15) is 16.7 Å². The van der Waals surface area contributed by atoms with Crippen molar-refractivity contribution in [2.45, 2.75) is 31.6 Å². The number of amidine groups is 1. The lowest BCUT2D eigenvalue weighted by molar-refractivity contribution is -0.127. The highest BCUT2D eigenvalue weighted by molar-refractivity contribution is 5.85. The molecule has 0 saturated heterocycles. The number of nitrogens with one attached hydrogen (secondary N) is 1. The lowest BCUT2D eigenvalue weighted by atomic mass is 9.99. The quantitative estimate of drug-likeness (QED) is 0.491. The maximum absolute atomic E-state index is 12.3. The number of halogens is 7. The summed E-state index contributed by atoms with van der Waals surface area (Å²) in [7, 11) is 0. The molecule has 0 fully saturated rings. The SMILES string of the molecule is Cl.N=C(N)Cc1cc(CC(F)(F)F)cc(CC(F)(F)F)c1. The molecule has 0 aliphatic carbocycles. The van der Waals surface area contributed by atoms with Crippen molar-refractivity contribution in [2.24, 2.45) is 5.73 Å². The molecule has 9 heteroatoms. The van der Waals surface area contributed by atoms with E-state index in [1.807, 2.05) is 0 Å². The van der Waals surface area contributed by atoms with Crippen LogP contribution in [0.2, 0.25) is 0 Å². The van der Waals surface area contributed by atoms with Gasteiger partial charge >= 0.3 is 12.4 Å². The highest BCUT2D eigenvalue weighted by atomic mass is 35.5. The van der Waals surface area contributed by atoms with Crippen molar-refractivity contribution in [3.63, 3.8) is 0 Å². The zero-order chi connectivity index (χ0) is 15.6. The largest absolute Gasteiger partial charge is 0.393 e. The van der Waals surface area contributed by atoms with Gasteiger partial charge in [-0.1, -0.05) is 18.2 Å². The zero-order valence-corrected chi connectivity index (χ0v) is 11.4. The summed E-state index contributed by atoms with van der Waals surface area (Å²) in [6.07, 6.45) is -11.8. The summed E-state index contributed by atoms with van der Waals surface area (Å²) in [6.45, 7) is 0. The third-order valence-electron chi connectivity index (χ3n) is 2.32. The standard InChI is InChI=1S/C12H12F6N2.ClH/c13-11(14,15)5-8-1-7(4-10(19)20)2-9(3-8)6-12(16,17)18;/h1-3H,4-6H2,(H3,19,20);1H. The summed E-state index contributed by atoms with van der Waals surface area (Å²) >= 11 is 0. The first kappa shape index (κ1) is 19.6. The minimum atomic E-state index is -4.51. The van der Waals surface area contributed by atoms with Crippen molar-refractivity contribution in [1.82, 2.24) is 0 Å². The molecule has 0 unspecified atom stereocenters. The predicted molar refractivity (Wildman–Crippen MR) is 68.8 cm³/mol. The fraction of sp³-hybridized carbons (Fsp3) is 0.417. The van der Waals surface area contributed by atoms with Gasteiger partial charge in [-0.2, -0.15) is 26.3 Å². The molecule has 0 amide bonds. The monoisotopic (exact) mass is 334 g/mol. The molecule has 0 radical (unpaired) electrons. The summed E-state index contributed by atoms with van der Waals surface area (Å²) in [5, 5.41) is 7.07. The second-order valence-electron chi connectivity index (χ2n) is 4.44. The summed E-state index contributed by atoms with van der Waals surface area (Å²) < 4.78 is 73.9. The third kappa shape index (κ3) is 8.44. The molecule has 2 nitrogen and oxygen atoms in total. The Morgan fingerprint density at radius 3 is 1.48 bits per heavy atom.